The Bertz CT molecular complexity index is 981. The largest absolute Gasteiger partial charge is 0.508 e. The highest BCUT2D eigenvalue weighted by atomic mass is 16.3. The zero-order chi connectivity index (χ0) is 19.5. The average molecular weight is 375 g/mol. The van der Waals surface area contributed by atoms with Crippen LogP contribution in [0.5, 0.6) is 5.75 Å². The zero-order valence-corrected chi connectivity index (χ0v) is 16.1. The molecule has 1 aromatic carbocycles. The number of benzene rings is 1. The molecule has 0 aliphatic heterocycles. The van der Waals surface area contributed by atoms with Gasteiger partial charge >= 0.3 is 0 Å². The first-order valence-corrected chi connectivity index (χ1v) is 10.2. The molecule has 3 aliphatic rings. The number of phenols is 1. The maximum Gasteiger partial charge on any atom is 0.168 e. The van der Waals surface area contributed by atoms with E-state index in [1.54, 1.807) is 30.6 Å². The number of pyridine rings is 1. The average Bonchev–Trinajstić information content (AvgIpc) is 2.99. The van der Waals surface area contributed by atoms with Crippen LogP contribution in [0.3, 0.4) is 0 Å². The predicted molar refractivity (Wildman–Crippen MR) is 107 cm³/mol. The monoisotopic (exact) mass is 375 g/mol. The number of hydrogen-bond acceptors (Lipinski definition) is 4. The number of hydrogen-bond donors (Lipinski definition) is 2. The smallest absolute Gasteiger partial charge is 0.168 e. The third kappa shape index (κ3) is 2.43. The van der Waals surface area contributed by atoms with Gasteiger partial charge in [-0.25, -0.2) is 0 Å². The van der Waals surface area contributed by atoms with Gasteiger partial charge in [-0.1, -0.05) is 13.0 Å². The van der Waals surface area contributed by atoms with Crippen molar-refractivity contribution in [1.29, 1.82) is 0 Å². The Labute approximate surface area is 164 Å². The second kappa shape index (κ2) is 6.20. The lowest BCUT2D eigenvalue weighted by Crippen LogP contribution is -2.42. The van der Waals surface area contributed by atoms with Crippen molar-refractivity contribution in [3.63, 3.8) is 0 Å². The molecule has 0 radical (unpaired) electrons. The van der Waals surface area contributed by atoms with Gasteiger partial charge in [-0.3, -0.25) is 9.78 Å². The Kier molecular flexibility index (Phi) is 3.87. The fourth-order valence-electron chi connectivity index (χ4n) is 6.09. The molecule has 0 saturated heterocycles. The fraction of sp³-hybridized carbons (Fsp3) is 0.417. The molecular formula is C24H25NO3. The minimum atomic E-state index is -0.388. The second-order valence-electron chi connectivity index (χ2n) is 8.86. The molecule has 2 aromatic rings. The van der Waals surface area contributed by atoms with Crippen LogP contribution in [0.2, 0.25) is 0 Å². The van der Waals surface area contributed by atoms with Crippen LogP contribution in [0.4, 0.5) is 0 Å². The van der Waals surface area contributed by atoms with Gasteiger partial charge in [0.2, 0.25) is 0 Å². The van der Waals surface area contributed by atoms with Gasteiger partial charge in [0.1, 0.15) is 11.5 Å². The van der Waals surface area contributed by atoms with Crippen molar-refractivity contribution in [3.8, 4) is 5.75 Å². The molecular weight excluding hydrogens is 350 g/mol. The lowest BCUT2D eigenvalue weighted by molar-refractivity contribution is -0.127. The number of ketones is 1. The van der Waals surface area contributed by atoms with E-state index in [-0.39, 0.29) is 22.9 Å². The number of phenolic OH excluding ortho intramolecular Hbond substituents is 1. The van der Waals surface area contributed by atoms with Crippen LogP contribution < -0.4 is 0 Å². The molecule has 2 N–H and O–H groups in total. The van der Waals surface area contributed by atoms with Crippen molar-refractivity contribution in [2.24, 2.45) is 17.3 Å². The number of Topliss-reactive ketones (excluding diaryl/α,β-unsaturated/α-hetero) is 1. The fourth-order valence-corrected chi connectivity index (χ4v) is 6.09. The van der Waals surface area contributed by atoms with Gasteiger partial charge in [0.25, 0.3) is 0 Å². The summed E-state index contributed by atoms with van der Waals surface area (Å²) in [5, 5.41) is 20.7. The van der Waals surface area contributed by atoms with E-state index in [0.717, 1.165) is 25.7 Å². The summed E-state index contributed by atoms with van der Waals surface area (Å²) in [5.41, 5.74) is 3.41. The number of carbonyl (C=O) groups is 1. The summed E-state index contributed by atoms with van der Waals surface area (Å²) in [6.45, 7) is 2.10. The summed E-state index contributed by atoms with van der Waals surface area (Å²) in [6, 6.07) is 9.35. The standard InChI is InChI=1S/C24H25NO3/c1-24-9-8-18-17-7-5-16(26)11-14(17)4-6-19(18)21(24)12-20(23(24)28)22(27)15-3-2-10-25-13-15/h2-3,5,7,10-11,13,18-19,21,26-27H,4,6,8-9,12H2,1H3/t18?,19?,21?,24-/m0/s1. The molecule has 4 nitrogen and oxygen atoms in total. The molecule has 4 atom stereocenters. The molecule has 0 spiro atoms. The van der Waals surface area contributed by atoms with Crippen molar-refractivity contribution < 1.29 is 15.0 Å². The molecule has 1 heterocycles. The number of aromatic nitrogens is 1. The van der Waals surface area contributed by atoms with Crippen LogP contribution in [-0.2, 0) is 11.2 Å². The van der Waals surface area contributed by atoms with E-state index in [1.165, 1.54) is 11.1 Å². The molecule has 2 saturated carbocycles. The summed E-state index contributed by atoms with van der Waals surface area (Å²) >= 11 is 0. The lowest BCUT2D eigenvalue weighted by Gasteiger charge is -2.48. The van der Waals surface area contributed by atoms with Crippen molar-refractivity contribution >= 4 is 11.5 Å². The number of fused-ring (bicyclic) bond motifs is 5. The molecule has 4 heteroatoms. The Hall–Kier alpha value is -2.62. The maximum absolute atomic E-state index is 13.4. The Morgan fingerprint density at radius 3 is 2.89 bits per heavy atom. The maximum atomic E-state index is 13.4. The Morgan fingerprint density at radius 2 is 2.11 bits per heavy atom. The van der Waals surface area contributed by atoms with Gasteiger partial charge in [0, 0.05) is 28.9 Å². The number of aliphatic hydroxyl groups is 1. The van der Waals surface area contributed by atoms with Crippen LogP contribution in [0, 0.1) is 17.3 Å². The number of aromatic hydroxyl groups is 1. The quantitative estimate of drug-likeness (QED) is 0.555. The second-order valence-corrected chi connectivity index (χ2v) is 8.86. The summed E-state index contributed by atoms with van der Waals surface area (Å²) < 4.78 is 0. The minimum Gasteiger partial charge on any atom is -0.508 e. The van der Waals surface area contributed by atoms with Crippen molar-refractivity contribution in [3.05, 3.63) is 65.0 Å². The summed E-state index contributed by atoms with van der Waals surface area (Å²) in [4.78, 5) is 17.5. The number of nitrogens with zero attached hydrogens (tertiary/aromatic N) is 1. The first-order chi connectivity index (χ1) is 13.5. The highest BCUT2D eigenvalue weighted by Crippen LogP contribution is 2.61. The van der Waals surface area contributed by atoms with E-state index in [9.17, 15) is 15.0 Å². The van der Waals surface area contributed by atoms with Gasteiger partial charge in [-0.2, -0.15) is 0 Å². The van der Waals surface area contributed by atoms with Crippen molar-refractivity contribution in [1.82, 2.24) is 4.98 Å². The highest BCUT2D eigenvalue weighted by molar-refractivity contribution is 6.07. The van der Waals surface area contributed by atoms with E-state index in [4.69, 9.17) is 0 Å². The van der Waals surface area contributed by atoms with E-state index < -0.39 is 0 Å². The molecule has 0 bridgehead atoms. The van der Waals surface area contributed by atoms with E-state index in [2.05, 4.69) is 18.0 Å². The molecule has 144 valence electrons. The number of carbonyl (C=O) groups excluding carboxylic acids is 1. The molecule has 1 aromatic heterocycles. The Morgan fingerprint density at radius 1 is 1.25 bits per heavy atom. The number of aryl methyl sites for hydroxylation is 1. The minimum absolute atomic E-state index is 0.103. The highest BCUT2D eigenvalue weighted by Gasteiger charge is 2.57. The zero-order valence-electron chi connectivity index (χ0n) is 16.1. The normalized spacial score (nSPS) is 33.0. The summed E-state index contributed by atoms with van der Waals surface area (Å²) in [7, 11) is 0. The molecule has 3 aliphatic carbocycles. The molecule has 3 unspecified atom stereocenters. The van der Waals surface area contributed by atoms with Gasteiger partial charge < -0.3 is 10.2 Å². The van der Waals surface area contributed by atoms with Gasteiger partial charge in [0.05, 0.1) is 0 Å². The number of aliphatic hydroxyl groups excluding tert-OH is 1. The molecule has 28 heavy (non-hydrogen) atoms. The molecule has 0 amide bonds. The first kappa shape index (κ1) is 17.5. The predicted octanol–water partition coefficient (Wildman–Crippen LogP) is 4.79. The summed E-state index contributed by atoms with van der Waals surface area (Å²) in [6.07, 6.45) is 7.75. The Balaban J connectivity index is 1.53. The lowest BCUT2D eigenvalue weighted by atomic mass is 9.55. The van der Waals surface area contributed by atoms with Gasteiger partial charge in [-0.05, 0) is 85.3 Å². The van der Waals surface area contributed by atoms with Gasteiger partial charge in [-0.15, -0.1) is 0 Å². The van der Waals surface area contributed by atoms with Crippen LogP contribution in [0.15, 0.2) is 48.3 Å². The van der Waals surface area contributed by atoms with Crippen molar-refractivity contribution in [2.45, 2.75) is 44.9 Å². The number of allylic oxidation sites excluding steroid dienone is 1. The van der Waals surface area contributed by atoms with Crippen LogP contribution in [0.1, 0.15) is 55.2 Å². The first-order valence-electron chi connectivity index (χ1n) is 10.2. The molecule has 5 rings (SSSR count). The third-order valence-electron chi connectivity index (χ3n) is 7.54. The summed E-state index contributed by atoms with van der Waals surface area (Å²) in [5.74, 6) is 1.70. The van der Waals surface area contributed by atoms with Crippen LogP contribution in [-0.4, -0.2) is 21.0 Å². The van der Waals surface area contributed by atoms with E-state index >= 15 is 0 Å². The van der Waals surface area contributed by atoms with Crippen molar-refractivity contribution in [2.75, 3.05) is 0 Å². The SMILES string of the molecule is C[C@]12CCC3c4ccc(O)cc4CCC3C1CC(=C(O)c1cccnc1)C2=O. The topological polar surface area (TPSA) is 70.4 Å². The number of rotatable bonds is 1. The molecule has 2 fully saturated rings. The van der Waals surface area contributed by atoms with E-state index in [1.807, 2.05) is 6.07 Å². The van der Waals surface area contributed by atoms with Gasteiger partial charge in [0.15, 0.2) is 5.78 Å². The third-order valence-corrected chi connectivity index (χ3v) is 7.54. The van der Waals surface area contributed by atoms with Crippen LogP contribution >= 0.6 is 0 Å². The van der Waals surface area contributed by atoms with Crippen LogP contribution in [0.25, 0.3) is 5.76 Å². The van der Waals surface area contributed by atoms with E-state index in [0.29, 0.717) is 35.1 Å².